The Morgan fingerprint density at radius 1 is 1.14 bits per heavy atom. The first-order valence-corrected chi connectivity index (χ1v) is 5.27. The molecule has 0 bridgehead atoms. The Labute approximate surface area is 87.8 Å². The smallest absolute Gasteiger partial charge is 0.0648 e. The van der Waals surface area contributed by atoms with Crippen LogP contribution < -0.4 is 5.32 Å². The fraction of sp³-hybridized carbons (Fsp3) is 1.00. The lowest BCUT2D eigenvalue weighted by molar-refractivity contribution is -0.0389. The summed E-state index contributed by atoms with van der Waals surface area (Å²) >= 11 is 0. The van der Waals surface area contributed by atoms with E-state index in [2.05, 4.69) is 19.2 Å². The standard InChI is InChI=1S/C11H25NO2/c1-10(2,12-5)7-9-14-11(3,4)6-8-13/h12-13H,6-9H2,1-5H3. The summed E-state index contributed by atoms with van der Waals surface area (Å²) in [6.07, 6.45) is 1.66. The molecule has 3 heteroatoms. The van der Waals surface area contributed by atoms with E-state index in [9.17, 15) is 0 Å². The van der Waals surface area contributed by atoms with Crippen molar-refractivity contribution in [2.45, 2.75) is 51.7 Å². The highest BCUT2D eigenvalue weighted by molar-refractivity contribution is 4.76. The van der Waals surface area contributed by atoms with Crippen LogP contribution in [0.1, 0.15) is 40.5 Å². The van der Waals surface area contributed by atoms with Crippen LogP contribution in [0.2, 0.25) is 0 Å². The molecule has 0 aromatic rings. The van der Waals surface area contributed by atoms with Gasteiger partial charge in [0.15, 0.2) is 0 Å². The lowest BCUT2D eigenvalue weighted by Gasteiger charge is -2.28. The maximum absolute atomic E-state index is 8.81. The van der Waals surface area contributed by atoms with E-state index in [0.717, 1.165) is 13.0 Å². The van der Waals surface area contributed by atoms with Gasteiger partial charge in [-0.1, -0.05) is 0 Å². The van der Waals surface area contributed by atoms with Crippen LogP contribution in [0.5, 0.6) is 0 Å². The van der Waals surface area contributed by atoms with Crippen LogP contribution in [0, 0.1) is 0 Å². The summed E-state index contributed by atoms with van der Waals surface area (Å²) in [5, 5.41) is 12.0. The van der Waals surface area contributed by atoms with E-state index in [1.807, 2.05) is 20.9 Å². The highest BCUT2D eigenvalue weighted by Gasteiger charge is 2.20. The molecule has 0 rings (SSSR count). The van der Waals surface area contributed by atoms with Crippen LogP contribution in [0.4, 0.5) is 0 Å². The first-order chi connectivity index (χ1) is 6.33. The molecule has 0 fully saturated rings. The van der Waals surface area contributed by atoms with E-state index >= 15 is 0 Å². The predicted molar refractivity (Wildman–Crippen MR) is 59.5 cm³/mol. The zero-order valence-corrected chi connectivity index (χ0v) is 10.2. The van der Waals surface area contributed by atoms with Crippen LogP contribution in [0.3, 0.4) is 0 Å². The van der Waals surface area contributed by atoms with Crippen molar-refractivity contribution in [3.05, 3.63) is 0 Å². The van der Waals surface area contributed by atoms with Crippen LogP contribution in [0.25, 0.3) is 0 Å². The van der Waals surface area contributed by atoms with E-state index < -0.39 is 0 Å². The van der Waals surface area contributed by atoms with Crippen molar-refractivity contribution in [3.8, 4) is 0 Å². The summed E-state index contributed by atoms with van der Waals surface area (Å²) in [7, 11) is 1.96. The van der Waals surface area contributed by atoms with E-state index in [0.29, 0.717) is 6.42 Å². The lowest BCUT2D eigenvalue weighted by Crippen LogP contribution is -2.38. The van der Waals surface area contributed by atoms with Gasteiger partial charge in [0.25, 0.3) is 0 Å². The molecule has 3 nitrogen and oxygen atoms in total. The quantitative estimate of drug-likeness (QED) is 0.659. The number of aliphatic hydroxyl groups is 1. The minimum atomic E-state index is -0.210. The van der Waals surface area contributed by atoms with Crippen LogP contribution in [-0.2, 0) is 4.74 Å². The molecule has 0 saturated heterocycles. The van der Waals surface area contributed by atoms with Crippen molar-refractivity contribution >= 4 is 0 Å². The van der Waals surface area contributed by atoms with Gasteiger partial charge in [0, 0.05) is 18.8 Å². The molecule has 0 saturated carbocycles. The normalized spacial score (nSPS) is 13.3. The molecule has 0 heterocycles. The first-order valence-electron chi connectivity index (χ1n) is 5.27. The molecule has 0 aliphatic heterocycles. The molecule has 0 unspecified atom stereocenters. The molecular weight excluding hydrogens is 178 g/mol. The SMILES string of the molecule is CNC(C)(C)CCOC(C)(C)CCO. The van der Waals surface area contributed by atoms with Crippen molar-refractivity contribution in [1.82, 2.24) is 5.32 Å². The zero-order chi connectivity index (χ0) is 11.2. The van der Waals surface area contributed by atoms with E-state index in [4.69, 9.17) is 9.84 Å². The number of hydrogen-bond acceptors (Lipinski definition) is 3. The van der Waals surface area contributed by atoms with Crippen molar-refractivity contribution in [1.29, 1.82) is 0 Å². The monoisotopic (exact) mass is 203 g/mol. The largest absolute Gasteiger partial charge is 0.396 e. The third-order valence-corrected chi connectivity index (χ3v) is 2.61. The first kappa shape index (κ1) is 13.9. The number of rotatable bonds is 7. The second kappa shape index (κ2) is 5.69. The predicted octanol–water partition coefficient (Wildman–Crippen LogP) is 1.55. The molecule has 86 valence electrons. The fourth-order valence-corrected chi connectivity index (χ4v) is 1.05. The van der Waals surface area contributed by atoms with Crippen molar-refractivity contribution in [2.24, 2.45) is 0 Å². The third-order valence-electron chi connectivity index (χ3n) is 2.61. The minimum absolute atomic E-state index is 0.120. The van der Waals surface area contributed by atoms with E-state index in [1.165, 1.54) is 0 Å². The molecule has 14 heavy (non-hydrogen) atoms. The number of hydrogen-bond donors (Lipinski definition) is 2. The highest BCUT2D eigenvalue weighted by atomic mass is 16.5. The summed E-state index contributed by atoms with van der Waals surface area (Å²) < 4.78 is 5.71. The Balaban J connectivity index is 3.73. The van der Waals surface area contributed by atoms with Gasteiger partial charge in [-0.15, -0.1) is 0 Å². The Morgan fingerprint density at radius 3 is 2.14 bits per heavy atom. The molecule has 0 radical (unpaired) electrons. The molecule has 0 aromatic carbocycles. The van der Waals surface area contributed by atoms with Gasteiger partial charge in [0.05, 0.1) is 5.60 Å². The van der Waals surface area contributed by atoms with Crippen molar-refractivity contribution in [3.63, 3.8) is 0 Å². The topological polar surface area (TPSA) is 41.5 Å². The van der Waals surface area contributed by atoms with Gasteiger partial charge in [-0.2, -0.15) is 0 Å². The second-order valence-electron chi connectivity index (χ2n) is 4.97. The molecule has 2 N–H and O–H groups in total. The summed E-state index contributed by atoms with van der Waals surface area (Å²) in [6, 6.07) is 0. The van der Waals surface area contributed by atoms with Crippen LogP contribution >= 0.6 is 0 Å². The lowest BCUT2D eigenvalue weighted by atomic mass is 10.0. The molecule has 0 aliphatic rings. The highest BCUT2D eigenvalue weighted by Crippen LogP contribution is 2.16. The van der Waals surface area contributed by atoms with Crippen molar-refractivity contribution in [2.75, 3.05) is 20.3 Å². The van der Waals surface area contributed by atoms with Gasteiger partial charge in [-0.25, -0.2) is 0 Å². The van der Waals surface area contributed by atoms with E-state index in [1.54, 1.807) is 0 Å². The second-order valence-corrected chi connectivity index (χ2v) is 4.97. The van der Waals surface area contributed by atoms with Crippen LogP contribution in [-0.4, -0.2) is 36.5 Å². The summed E-state index contributed by atoms with van der Waals surface area (Å²) in [5.74, 6) is 0. The number of nitrogens with one attached hydrogen (secondary N) is 1. The summed E-state index contributed by atoms with van der Waals surface area (Å²) in [6.45, 7) is 9.22. The molecule has 0 aromatic heterocycles. The van der Waals surface area contributed by atoms with Gasteiger partial charge in [-0.05, 0) is 47.6 Å². The molecule has 0 amide bonds. The summed E-state index contributed by atoms with van der Waals surface area (Å²) in [4.78, 5) is 0. The van der Waals surface area contributed by atoms with Gasteiger partial charge in [0.1, 0.15) is 0 Å². The van der Waals surface area contributed by atoms with Gasteiger partial charge in [0.2, 0.25) is 0 Å². The van der Waals surface area contributed by atoms with Crippen molar-refractivity contribution < 1.29 is 9.84 Å². The van der Waals surface area contributed by atoms with Crippen LogP contribution in [0.15, 0.2) is 0 Å². The number of ether oxygens (including phenoxy) is 1. The maximum atomic E-state index is 8.81. The molecule has 0 aliphatic carbocycles. The zero-order valence-electron chi connectivity index (χ0n) is 10.2. The minimum Gasteiger partial charge on any atom is -0.396 e. The summed E-state index contributed by atoms with van der Waals surface area (Å²) in [5.41, 5.74) is -0.0894. The van der Waals surface area contributed by atoms with Gasteiger partial charge in [-0.3, -0.25) is 0 Å². The maximum Gasteiger partial charge on any atom is 0.0648 e. The third kappa shape index (κ3) is 6.35. The Kier molecular flexibility index (Phi) is 5.64. The van der Waals surface area contributed by atoms with E-state index in [-0.39, 0.29) is 17.7 Å². The Morgan fingerprint density at radius 2 is 1.71 bits per heavy atom. The van der Waals surface area contributed by atoms with Gasteiger partial charge >= 0.3 is 0 Å². The Hall–Kier alpha value is -0.120. The average molecular weight is 203 g/mol. The Bertz CT molecular complexity index is 155. The number of aliphatic hydroxyl groups excluding tert-OH is 1. The molecule has 0 spiro atoms. The van der Waals surface area contributed by atoms with Gasteiger partial charge < -0.3 is 15.2 Å². The average Bonchev–Trinajstić information content (AvgIpc) is 2.03. The molecule has 0 atom stereocenters. The molecular formula is C11H25NO2. The fourth-order valence-electron chi connectivity index (χ4n) is 1.05.